The highest BCUT2D eigenvalue weighted by Gasteiger charge is 2.12. The van der Waals surface area contributed by atoms with Crippen molar-refractivity contribution in [2.75, 3.05) is 31.8 Å². The maximum absolute atomic E-state index is 12.1. The molecule has 6 nitrogen and oxygen atoms in total. The van der Waals surface area contributed by atoms with Crippen LogP contribution in [0.5, 0.6) is 11.5 Å². The van der Waals surface area contributed by atoms with Crippen LogP contribution in [0.2, 0.25) is 0 Å². The Bertz CT molecular complexity index is 817. The van der Waals surface area contributed by atoms with Gasteiger partial charge in [-0.05, 0) is 49.8 Å². The highest BCUT2D eigenvalue weighted by atomic mass is 16.5. The van der Waals surface area contributed by atoms with E-state index >= 15 is 0 Å². The van der Waals surface area contributed by atoms with E-state index in [4.69, 9.17) is 14.2 Å². The maximum atomic E-state index is 12.1. The molecule has 0 aliphatic carbocycles. The average Bonchev–Trinajstić information content (AvgIpc) is 2.72. The highest BCUT2D eigenvalue weighted by Crippen LogP contribution is 2.29. The number of carbonyl (C=O) groups excluding carboxylic acids is 2. The van der Waals surface area contributed by atoms with Crippen LogP contribution in [0.4, 0.5) is 5.69 Å². The number of anilines is 1. The summed E-state index contributed by atoms with van der Waals surface area (Å²) < 4.78 is 16.1. The first-order valence-electron chi connectivity index (χ1n) is 9.11. The SMILES string of the molecule is CCOc1ccc(/C=C/C(=O)OCC(=O)N(C)c2ccccc2)cc1OCC. The zero-order valence-corrected chi connectivity index (χ0v) is 16.4. The number of esters is 1. The summed E-state index contributed by atoms with van der Waals surface area (Å²) >= 11 is 0. The third-order valence-electron chi connectivity index (χ3n) is 3.83. The Morgan fingerprint density at radius 1 is 0.964 bits per heavy atom. The quantitative estimate of drug-likeness (QED) is 0.488. The molecule has 0 fully saturated rings. The number of hydrogen-bond acceptors (Lipinski definition) is 5. The van der Waals surface area contributed by atoms with E-state index in [2.05, 4.69) is 0 Å². The number of carbonyl (C=O) groups is 2. The van der Waals surface area contributed by atoms with E-state index in [0.29, 0.717) is 24.7 Å². The summed E-state index contributed by atoms with van der Waals surface area (Å²) in [4.78, 5) is 25.5. The van der Waals surface area contributed by atoms with Crippen LogP contribution in [0.15, 0.2) is 54.6 Å². The van der Waals surface area contributed by atoms with E-state index in [-0.39, 0.29) is 12.5 Å². The van der Waals surface area contributed by atoms with Gasteiger partial charge in [0, 0.05) is 18.8 Å². The maximum Gasteiger partial charge on any atom is 0.331 e. The van der Waals surface area contributed by atoms with Gasteiger partial charge in [0.2, 0.25) is 0 Å². The van der Waals surface area contributed by atoms with Crippen LogP contribution in [0.25, 0.3) is 6.08 Å². The second-order valence-corrected chi connectivity index (χ2v) is 5.80. The van der Waals surface area contributed by atoms with Gasteiger partial charge in [-0.1, -0.05) is 24.3 Å². The van der Waals surface area contributed by atoms with Crippen LogP contribution in [-0.4, -0.2) is 38.7 Å². The fourth-order valence-corrected chi connectivity index (χ4v) is 2.41. The fourth-order valence-electron chi connectivity index (χ4n) is 2.41. The standard InChI is InChI=1S/C22H25NO5/c1-4-26-19-13-11-17(15-20(19)27-5-2)12-14-22(25)28-16-21(24)23(3)18-9-7-6-8-10-18/h6-15H,4-5,16H2,1-3H3/b14-12+. The van der Waals surface area contributed by atoms with Gasteiger partial charge in [-0.3, -0.25) is 4.79 Å². The molecule has 0 aliphatic rings. The van der Waals surface area contributed by atoms with Crippen molar-refractivity contribution in [2.24, 2.45) is 0 Å². The van der Waals surface area contributed by atoms with Gasteiger partial charge in [-0.15, -0.1) is 0 Å². The molecule has 0 N–H and O–H groups in total. The first-order chi connectivity index (χ1) is 13.5. The number of hydrogen-bond donors (Lipinski definition) is 0. The normalized spacial score (nSPS) is 10.5. The number of para-hydroxylation sites is 1. The molecule has 0 atom stereocenters. The van der Waals surface area contributed by atoms with Crippen molar-refractivity contribution in [1.29, 1.82) is 0 Å². The summed E-state index contributed by atoms with van der Waals surface area (Å²) in [5.74, 6) is 0.354. The van der Waals surface area contributed by atoms with Crippen molar-refractivity contribution in [3.63, 3.8) is 0 Å². The molecule has 0 aromatic heterocycles. The summed E-state index contributed by atoms with van der Waals surface area (Å²) in [7, 11) is 1.64. The minimum Gasteiger partial charge on any atom is -0.490 e. The Balaban J connectivity index is 1.92. The zero-order valence-electron chi connectivity index (χ0n) is 16.4. The highest BCUT2D eigenvalue weighted by molar-refractivity contribution is 5.96. The van der Waals surface area contributed by atoms with Gasteiger partial charge in [0.25, 0.3) is 5.91 Å². The summed E-state index contributed by atoms with van der Waals surface area (Å²) in [5, 5.41) is 0. The third kappa shape index (κ3) is 6.16. The molecule has 0 saturated carbocycles. The summed E-state index contributed by atoms with van der Waals surface area (Å²) in [6.45, 7) is 4.50. The van der Waals surface area contributed by atoms with Crippen LogP contribution in [0.3, 0.4) is 0 Å². The lowest BCUT2D eigenvalue weighted by Crippen LogP contribution is -2.30. The van der Waals surface area contributed by atoms with Crippen LogP contribution < -0.4 is 14.4 Å². The minimum absolute atomic E-state index is 0.312. The van der Waals surface area contributed by atoms with Crippen LogP contribution in [0, 0.1) is 0 Å². The van der Waals surface area contributed by atoms with E-state index in [1.807, 2.05) is 50.2 Å². The van der Waals surface area contributed by atoms with E-state index in [9.17, 15) is 9.59 Å². The topological polar surface area (TPSA) is 65.1 Å². The summed E-state index contributed by atoms with van der Waals surface area (Å²) in [5.41, 5.74) is 1.49. The van der Waals surface area contributed by atoms with Crippen LogP contribution in [-0.2, 0) is 14.3 Å². The first kappa shape index (κ1) is 21.0. The lowest BCUT2D eigenvalue weighted by atomic mass is 10.2. The van der Waals surface area contributed by atoms with Gasteiger partial charge in [-0.2, -0.15) is 0 Å². The average molecular weight is 383 g/mol. The van der Waals surface area contributed by atoms with Crippen LogP contribution in [0.1, 0.15) is 19.4 Å². The molecule has 28 heavy (non-hydrogen) atoms. The van der Waals surface area contributed by atoms with Crippen molar-refractivity contribution in [1.82, 2.24) is 0 Å². The van der Waals surface area contributed by atoms with E-state index in [0.717, 1.165) is 11.3 Å². The van der Waals surface area contributed by atoms with Gasteiger partial charge in [0.15, 0.2) is 18.1 Å². The molecule has 0 saturated heterocycles. The van der Waals surface area contributed by atoms with E-state index in [1.165, 1.54) is 11.0 Å². The number of ether oxygens (including phenoxy) is 3. The van der Waals surface area contributed by atoms with Crippen LogP contribution >= 0.6 is 0 Å². The zero-order chi connectivity index (χ0) is 20.4. The molecule has 2 aromatic rings. The summed E-state index contributed by atoms with van der Waals surface area (Å²) in [6.07, 6.45) is 2.88. The third-order valence-corrected chi connectivity index (χ3v) is 3.83. The smallest absolute Gasteiger partial charge is 0.331 e. The Labute approximate surface area is 165 Å². The number of likely N-dealkylation sites (N-methyl/N-ethyl adjacent to an activating group) is 1. The molecule has 0 unspecified atom stereocenters. The Morgan fingerprint density at radius 2 is 1.64 bits per heavy atom. The Morgan fingerprint density at radius 3 is 2.32 bits per heavy atom. The van der Waals surface area contributed by atoms with E-state index < -0.39 is 5.97 Å². The number of nitrogens with zero attached hydrogens (tertiary/aromatic N) is 1. The first-order valence-corrected chi connectivity index (χ1v) is 9.11. The minimum atomic E-state index is -0.596. The van der Waals surface area contributed by atoms with Crippen molar-refractivity contribution < 1.29 is 23.8 Å². The largest absolute Gasteiger partial charge is 0.490 e. The van der Waals surface area contributed by atoms with Crippen molar-refractivity contribution >= 4 is 23.6 Å². The van der Waals surface area contributed by atoms with Gasteiger partial charge in [0.05, 0.1) is 13.2 Å². The second kappa shape index (κ2) is 10.8. The van der Waals surface area contributed by atoms with Gasteiger partial charge in [0.1, 0.15) is 0 Å². The van der Waals surface area contributed by atoms with E-state index in [1.54, 1.807) is 25.3 Å². The molecular formula is C22H25NO5. The molecule has 2 aromatic carbocycles. The van der Waals surface area contributed by atoms with Gasteiger partial charge < -0.3 is 19.1 Å². The van der Waals surface area contributed by atoms with Gasteiger partial charge in [-0.25, -0.2) is 4.79 Å². The fraction of sp³-hybridized carbons (Fsp3) is 0.273. The molecule has 0 radical (unpaired) electrons. The lowest BCUT2D eigenvalue weighted by molar-refractivity contribution is -0.142. The monoisotopic (exact) mass is 383 g/mol. The summed E-state index contributed by atoms with van der Waals surface area (Å²) in [6, 6.07) is 14.5. The lowest BCUT2D eigenvalue weighted by Gasteiger charge is -2.16. The molecule has 0 bridgehead atoms. The predicted molar refractivity (Wildman–Crippen MR) is 109 cm³/mol. The Hall–Kier alpha value is -3.28. The molecular weight excluding hydrogens is 358 g/mol. The molecule has 6 heteroatoms. The predicted octanol–water partition coefficient (Wildman–Crippen LogP) is 3.70. The second-order valence-electron chi connectivity index (χ2n) is 5.80. The number of amides is 1. The molecule has 1 amide bonds. The molecule has 148 valence electrons. The van der Waals surface area contributed by atoms with Crippen molar-refractivity contribution in [3.05, 3.63) is 60.2 Å². The molecule has 2 rings (SSSR count). The van der Waals surface area contributed by atoms with Crippen molar-refractivity contribution in [2.45, 2.75) is 13.8 Å². The van der Waals surface area contributed by atoms with Crippen molar-refractivity contribution in [3.8, 4) is 11.5 Å². The number of rotatable bonds is 9. The number of benzene rings is 2. The molecule has 0 heterocycles. The molecule has 0 spiro atoms. The Kier molecular flexibility index (Phi) is 8.09. The van der Waals surface area contributed by atoms with Gasteiger partial charge >= 0.3 is 5.97 Å². The molecule has 0 aliphatic heterocycles.